The minimum absolute atomic E-state index is 0. The van der Waals surface area contributed by atoms with Crippen molar-refractivity contribution in [3.63, 3.8) is 0 Å². The van der Waals surface area contributed by atoms with Crippen LogP contribution < -0.4 is 16.0 Å². The zero-order valence-corrected chi connectivity index (χ0v) is 30.9. The normalized spacial score (nSPS) is 13.4. The van der Waals surface area contributed by atoms with E-state index in [0.717, 1.165) is 41.1 Å². The lowest BCUT2D eigenvalue weighted by atomic mass is 10.00. The van der Waals surface area contributed by atoms with Crippen LogP contribution in [0.15, 0.2) is 72.9 Å². The van der Waals surface area contributed by atoms with E-state index < -0.39 is 62.5 Å². The summed E-state index contributed by atoms with van der Waals surface area (Å²) in [7, 11) is -3.88. The first-order valence-electron chi connectivity index (χ1n) is 17.2. The Morgan fingerprint density at radius 1 is 0.863 bits per heavy atom. The fourth-order valence-corrected chi connectivity index (χ4v) is 8.31. The third kappa shape index (κ3) is 12.1. The largest absolute Gasteiger partial charge is 0.390 e. The summed E-state index contributed by atoms with van der Waals surface area (Å²) in [6.07, 6.45) is 3.22. The van der Waals surface area contributed by atoms with Crippen LogP contribution in [0.4, 0.5) is 8.78 Å². The van der Waals surface area contributed by atoms with Crippen LogP contribution in [0.3, 0.4) is 0 Å². The molecule has 1 unspecified atom stereocenters. The Balaban J connectivity index is 0.00000702. The second kappa shape index (κ2) is 19.7. The average Bonchev–Trinajstić information content (AvgIpc) is 3.55. The number of carbonyl (C=O) groups excluding carboxylic acids is 2. The molecule has 0 spiro atoms. The number of hydrogen-bond acceptors (Lipinski definition) is 6. The molecular formula is C38H49ClF2N4O5S. The van der Waals surface area contributed by atoms with Gasteiger partial charge in [0.15, 0.2) is 9.84 Å². The van der Waals surface area contributed by atoms with Gasteiger partial charge in [0.2, 0.25) is 5.91 Å². The summed E-state index contributed by atoms with van der Waals surface area (Å²) in [6.45, 7) is 6.24. The number of aliphatic hydroxyl groups excluding tert-OH is 1. The van der Waals surface area contributed by atoms with Crippen molar-refractivity contribution in [2.24, 2.45) is 0 Å². The lowest BCUT2D eigenvalue weighted by molar-refractivity contribution is -0.124. The molecule has 1 aromatic heterocycles. The maximum absolute atomic E-state index is 14.2. The van der Waals surface area contributed by atoms with Gasteiger partial charge in [-0.05, 0) is 78.1 Å². The highest BCUT2D eigenvalue weighted by atomic mass is 35.5. The Labute approximate surface area is 305 Å². The van der Waals surface area contributed by atoms with E-state index in [1.807, 2.05) is 51.1 Å². The van der Waals surface area contributed by atoms with Crippen molar-refractivity contribution in [1.82, 2.24) is 20.9 Å². The van der Waals surface area contributed by atoms with Crippen LogP contribution >= 0.6 is 12.4 Å². The standard InChI is InChI=1S/C38H48F2N4O5S.ClH/c1-4-8-32(9-5-2)50(48,49)24-35(44-37(46)29-13-12-28-14-15-42-33(28)20-29)38(47)43-34(19-27-17-30(39)21-31(40)18-27)36(45)23-41-22-26-11-7-10-25(6-3)16-26;/h7,10-18,20-21,32,34-36,41-42,45H,4-6,8-9,19,22-24H2,1-3H3,(H,43,47)(H,44,46);1H/t34-,35?,36+;/m0./s1. The molecule has 0 fully saturated rings. The molecule has 0 aliphatic rings. The smallest absolute Gasteiger partial charge is 0.252 e. The fraction of sp³-hybridized carbons (Fsp3) is 0.421. The van der Waals surface area contributed by atoms with E-state index in [1.54, 1.807) is 24.4 Å². The highest BCUT2D eigenvalue weighted by molar-refractivity contribution is 7.92. The number of aromatic nitrogens is 1. The van der Waals surface area contributed by atoms with E-state index in [2.05, 4.69) is 20.9 Å². The zero-order chi connectivity index (χ0) is 36.3. The van der Waals surface area contributed by atoms with E-state index >= 15 is 0 Å². The molecule has 4 aromatic rings. The van der Waals surface area contributed by atoms with E-state index in [1.165, 1.54) is 0 Å². The van der Waals surface area contributed by atoms with Crippen molar-refractivity contribution in [3.05, 3.63) is 107 Å². The van der Waals surface area contributed by atoms with Crippen LogP contribution in [0.2, 0.25) is 0 Å². The van der Waals surface area contributed by atoms with Gasteiger partial charge in [-0.25, -0.2) is 17.2 Å². The van der Waals surface area contributed by atoms with Gasteiger partial charge < -0.3 is 26.0 Å². The molecule has 1 heterocycles. The van der Waals surface area contributed by atoms with Gasteiger partial charge in [0, 0.05) is 36.4 Å². The van der Waals surface area contributed by atoms with Crippen LogP contribution in [0.25, 0.3) is 10.9 Å². The second-order valence-electron chi connectivity index (χ2n) is 12.8. The topological polar surface area (TPSA) is 140 Å². The number of aryl methyl sites for hydroxylation is 1. The van der Waals surface area contributed by atoms with Gasteiger partial charge in [0.25, 0.3) is 5.91 Å². The van der Waals surface area contributed by atoms with Crippen molar-refractivity contribution in [1.29, 1.82) is 0 Å². The number of halogens is 3. The molecule has 278 valence electrons. The van der Waals surface area contributed by atoms with Gasteiger partial charge in [-0.15, -0.1) is 12.4 Å². The lowest BCUT2D eigenvalue weighted by Gasteiger charge is -2.28. The number of H-pyrrole nitrogens is 1. The van der Waals surface area contributed by atoms with Crippen molar-refractivity contribution in [2.75, 3.05) is 12.3 Å². The lowest BCUT2D eigenvalue weighted by Crippen LogP contribution is -2.57. The first kappa shape index (κ1) is 41.6. The average molecular weight is 747 g/mol. The number of nitrogens with one attached hydrogen (secondary N) is 4. The van der Waals surface area contributed by atoms with Crippen molar-refractivity contribution in [2.45, 2.75) is 89.3 Å². The number of carbonyl (C=O) groups is 2. The molecular weight excluding hydrogens is 698 g/mol. The summed E-state index contributed by atoms with van der Waals surface area (Å²) in [5.41, 5.74) is 3.23. The van der Waals surface area contributed by atoms with Crippen molar-refractivity contribution >= 4 is 45.0 Å². The monoisotopic (exact) mass is 746 g/mol. The molecule has 9 nitrogen and oxygen atoms in total. The summed E-state index contributed by atoms with van der Waals surface area (Å²) in [5.74, 6) is -3.79. The summed E-state index contributed by atoms with van der Waals surface area (Å²) >= 11 is 0. The first-order chi connectivity index (χ1) is 23.9. The van der Waals surface area contributed by atoms with Gasteiger partial charge in [-0.2, -0.15) is 0 Å². The summed E-state index contributed by atoms with van der Waals surface area (Å²) in [5, 5.41) is 20.0. The molecule has 5 N–H and O–H groups in total. The summed E-state index contributed by atoms with van der Waals surface area (Å²) < 4.78 is 55.8. The van der Waals surface area contributed by atoms with Gasteiger partial charge in [0.05, 0.1) is 23.1 Å². The quantitative estimate of drug-likeness (QED) is 0.0824. The molecule has 0 aliphatic heterocycles. The van der Waals surface area contributed by atoms with Crippen LogP contribution in [0.5, 0.6) is 0 Å². The number of aromatic amines is 1. The number of hydrogen-bond donors (Lipinski definition) is 5. The molecule has 0 radical (unpaired) electrons. The Morgan fingerprint density at radius 3 is 2.22 bits per heavy atom. The maximum atomic E-state index is 14.2. The van der Waals surface area contributed by atoms with Gasteiger partial charge in [-0.1, -0.05) is 63.9 Å². The van der Waals surface area contributed by atoms with Crippen LogP contribution in [0, 0.1) is 11.6 Å². The SMILES string of the molecule is CCCC(CCC)S(=O)(=O)CC(NC(=O)c1ccc2cc[nH]c2c1)C(=O)N[C@@H](Cc1cc(F)cc(F)c1)[C@H](O)CNCc1cccc(CC)c1.Cl. The molecule has 51 heavy (non-hydrogen) atoms. The highest BCUT2D eigenvalue weighted by Gasteiger charge is 2.34. The zero-order valence-electron chi connectivity index (χ0n) is 29.3. The van der Waals surface area contributed by atoms with Crippen LogP contribution in [-0.2, 0) is 34.0 Å². The molecule has 0 saturated heterocycles. The molecule has 3 aromatic carbocycles. The minimum atomic E-state index is -3.88. The summed E-state index contributed by atoms with van der Waals surface area (Å²) in [6, 6.07) is 15.0. The van der Waals surface area contributed by atoms with E-state index in [4.69, 9.17) is 0 Å². The number of rotatable bonds is 19. The second-order valence-corrected chi connectivity index (χ2v) is 15.1. The van der Waals surface area contributed by atoms with Gasteiger partial charge >= 0.3 is 0 Å². The number of amides is 2. The molecule has 0 aliphatic carbocycles. The number of aliphatic hydroxyl groups is 1. The van der Waals surface area contributed by atoms with Crippen molar-refractivity contribution < 1.29 is 31.9 Å². The van der Waals surface area contributed by atoms with Crippen LogP contribution in [-0.4, -0.2) is 66.1 Å². The summed E-state index contributed by atoms with van der Waals surface area (Å²) in [4.78, 5) is 30.6. The minimum Gasteiger partial charge on any atom is -0.390 e. The Morgan fingerprint density at radius 2 is 1.55 bits per heavy atom. The van der Waals surface area contributed by atoms with Crippen LogP contribution in [0.1, 0.15) is 73.5 Å². The van der Waals surface area contributed by atoms with Gasteiger partial charge in [0.1, 0.15) is 17.7 Å². The maximum Gasteiger partial charge on any atom is 0.252 e. The Hall–Kier alpha value is -3.84. The molecule has 3 atom stereocenters. The Kier molecular flexibility index (Phi) is 16.0. The van der Waals surface area contributed by atoms with Gasteiger partial charge in [-0.3, -0.25) is 9.59 Å². The number of benzene rings is 3. The molecule has 4 rings (SSSR count). The predicted octanol–water partition coefficient (Wildman–Crippen LogP) is 5.79. The highest BCUT2D eigenvalue weighted by Crippen LogP contribution is 2.19. The Bertz CT molecular complexity index is 1830. The number of sulfone groups is 1. The molecule has 13 heteroatoms. The third-order valence-electron chi connectivity index (χ3n) is 8.82. The number of fused-ring (bicyclic) bond motifs is 1. The molecule has 0 bridgehead atoms. The predicted molar refractivity (Wildman–Crippen MR) is 200 cm³/mol. The van der Waals surface area contributed by atoms with E-state index in [-0.39, 0.29) is 36.5 Å². The van der Waals surface area contributed by atoms with E-state index in [9.17, 15) is 31.9 Å². The first-order valence-corrected chi connectivity index (χ1v) is 18.9. The van der Waals surface area contributed by atoms with Crippen molar-refractivity contribution in [3.8, 4) is 0 Å². The molecule has 2 amide bonds. The molecule has 0 saturated carbocycles. The third-order valence-corrected chi connectivity index (χ3v) is 11.1. The fourth-order valence-electron chi connectivity index (χ4n) is 6.14. The van der Waals surface area contributed by atoms with E-state index in [0.29, 0.717) is 37.7 Å².